The van der Waals surface area contributed by atoms with Gasteiger partial charge >= 0.3 is 0 Å². The third-order valence-corrected chi connectivity index (χ3v) is 3.40. The Kier molecular flexibility index (Phi) is 5.91. The van der Waals surface area contributed by atoms with Crippen LogP contribution in [0.2, 0.25) is 0 Å². The van der Waals surface area contributed by atoms with E-state index < -0.39 is 0 Å². The molecule has 2 aromatic carbocycles. The highest BCUT2D eigenvalue weighted by molar-refractivity contribution is 5.43. The van der Waals surface area contributed by atoms with Crippen molar-refractivity contribution < 1.29 is 0 Å². The Morgan fingerprint density at radius 2 is 1.50 bits per heavy atom. The lowest BCUT2D eigenvalue weighted by molar-refractivity contribution is 0.726. The molecule has 0 saturated heterocycles. The Balaban J connectivity index is 1.59. The average Bonchev–Trinajstić information content (AvgIpc) is 2.52. The predicted octanol–water partition coefficient (Wildman–Crippen LogP) is 5.07. The summed E-state index contributed by atoms with van der Waals surface area (Å²) in [5.41, 5.74) is 3.88. The molecule has 0 aromatic heterocycles. The fourth-order valence-electron chi connectivity index (χ4n) is 2.22. The summed E-state index contributed by atoms with van der Waals surface area (Å²) in [6, 6.07) is 21.0. The molecule has 1 heteroatoms. The van der Waals surface area contributed by atoms with E-state index in [1.54, 1.807) is 0 Å². The smallest absolute Gasteiger partial charge is 0.0357 e. The molecule has 0 bridgehead atoms. The molecule has 1 nitrogen and oxygen atoms in total. The van der Waals surface area contributed by atoms with Gasteiger partial charge in [0, 0.05) is 12.2 Å². The molecule has 0 heterocycles. The number of benzene rings is 2. The maximum atomic E-state index is 4.15. The van der Waals surface area contributed by atoms with Gasteiger partial charge < -0.3 is 5.32 Å². The first-order valence-electron chi connectivity index (χ1n) is 7.34. The van der Waals surface area contributed by atoms with E-state index in [9.17, 15) is 0 Å². The molecule has 0 saturated carbocycles. The summed E-state index contributed by atoms with van der Waals surface area (Å²) < 4.78 is 0. The number of hydrogen-bond donors (Lipinski definition) is 1. The Bertz CT molecular complexity index is 502. The van der Waals surface area contributed by atoms with Gasteiger partial charge in [0.15, 0.2) is 0 Å². The molecule has 0 atom stereocenters. The second-order valence-electron chi connectivity index (χ2n) is 5.16. The molecular weight excluding hydrogens is 242 g/mol. The largest absolute Gasteiger partial charge is 0.381 e. The Morgan fingerprint density at radius 1 is 0.850 bits per heavy atom. The molecule has 0 aliphatic rings. The van der Waals surface area contributed by atoms with E-state index in [-0.39, 0.29) is 0 Å². The van der Waals surface area contributed by atoms with Gasteiger partial charge in [-0.25, -0.2) is 0 Å². The van der Waals surface area contributed by atoms with E-state index in [0.717, 1.165) is 18.7 Å². The van der Waals surface area contributed by atoms with E-state index in [1.807, 2.05) is 18.2 Å². The highest BCUT2D eigenvalue weighted by Crippen LogP contribution is 2.11. The van der Waals surface area contributed by atoms with Gasteiger partial charge in [-0.3, -0.25) is 0 Å². The Labute approximate surface area is 122 Å². The first-order valence-corrected chi connectivity index (χ1v) is 7.34. The summed E-state index contributed by atoms with van der Waals surface area (Å²) in [5.74, 6) is 0. The van der Waals surface area contributed by atoms with Crippen LogP contribution >= 0.6 is 0 Å². The van der Waals surface area contributed by atoms with Crippen molar-refractivity contribution in [3.63, 3.8) is 0 Å². The number of nitrogens with one attached hydrogen (secondary N) is 1. The standard InChI is InChI=1S/C19H23N/c1-17(16-20-19-14-6-3-7-15-19)10-8-9-13-18-11-4-2-5-12-18/h2-7,11-12,14-15,20H,1,8-10,13,16H2. The number of hydrogen-bond acceptors (Lipinski definition) is 1. The zero-order valence-electron chi connectivity index (χ0n) is 12.0. The van der Waals surface area contributed by atoms with Crippen molar-refractivity contribution in [1.82, 2.24) is 0 Å². The molecule has 2 rings (SSSR count). The second kappa shape index (κ2) is 8.21. The molecule has 2 aromatic rings. The van der Waals surface area contributed by atoms with Gasteiger partial charge in [-0.2, -0.15) is 0 Å². The van der Waals surface area contributed by atoms with Crippen LogP contribution in [0, 0.1) is 0 Å². The quantitative estimate of drug-likeness (QED) is 0.519. The molecule has 0 spiro atoms. The van der Waals surface area contributed by atoms with E-state index in [2.05, 4.69) is 54.4 Å². The topological polar surface area (TPSA) is 12.0 Å². The minimum absolute atomic E-state index is 0.870. The summed E-state index contributed by atoms with van der Waals surface area (Å²) >= 11 is 0. The van der Waals surface area contributed by atoms with Gasteiger partial charge in [0.2, 0.25) is 0 Å². The van der Waals surface area contributed by atoms with Gasteiger partial charge in [0.1, 0.15) is 0 Å². The Morgan fingerprint density at radius 3 is 2.20 bits per heavy atom. The number of anilines is 1. The van der Waals surface area contributed by atoms with Crippen LogP contribution in [0.4, 0.5) is 5.69 Å². The summed E-state index contributed by atoms with van der Waals surface area (Å²) in [7, 11) is 0. The number of unbranched alkanes of at least 4 members (excludes halogenated alkanes) is 1. The third kappa shape index (κ3) is 5.31. The van der Waals surface area contributed by atoms with E-state index in [4.69, 9.17) is 0 Å². The molecule has 1 N–H and O–H groups in total. The van der Waals surface area contributed by atoms with Gasteiger partial charge in [-0.05, 0) is 43.4 Å². The monoisotopic (exact) mass is 265 g/mol. The van der Waals surface area contributed by atoms with E-state index in [0.29, 0.717) is 0 Å². The van der Waals surface area contributed by atoms with Gasteiger partial charge in [-0.1, -0.05) is 60.7 Å². The molecular formula is C19H23N. The normalized spacial score (nSPS) is 10.2. The molecule has 0 amide bonds. The SMILES string of the molecule is C=C(CCCCc1ccccc1)CNc1ccccc1. The van der Waals surface area contributed by atoms with Crippen LogP contribution in [-0.2, 0) is 6.42 Å². The lowest BCUT2D eigenvalue weighted by Gasteiger charge is -2.09. The van der Waals surface area contributed by atoms with Crippen LogP contribution in [0.3, 0.4) is 0 Å². The van der Waals surface area contributed by atoms with Crippen molar-refractivity contribution in [1.29, 1.82) is 0 Å². The molecule has 0 aliphatic heterocycles. The highest BCUT2D eigenvalue weighted by Gasteiger charge is 1.97. The molecule has 0 unspecified atom stereocenters. The van der Waals surface area contributed by atoms with Gasteiger partial charge in [0.05, 0.1) is 0 Å². The van der Waals surface area contributed by atoms with Crippen LogP contribution < -0.4 is 5.32 Å². The van der Waals surface area contributed by atoms with Crippen molar-refractivity contribution in [2.24, 2.45) is 0 Å². The van der Waals surface area contributed by atoms with Crippen molar-refractivity contribution >= 4 is 5.69 Å². The van der Waals surface area contributed by atoms with Crippen LogP contribution in [0.15, 0.2) is 72.8 Å². The van der Waals surface area contributed by atoms with Crippen LogP contribution in [0.1, 0.15) is 24.8 Å². The Hall–Kier alpha value is -2.02. The van der Waals surface area contributed by atoms with Crippen molar-refractivity contribution in [2.45, 2.75) is 25.7 Å². The maximum Gasteiger partial charge on any atom is 0.0357 e. The van der Waals surface area contributed by atoms with Crippen molar-refractivity contribution in [3.05, 3.63) is 78.4 Å². The van der Waals surface area contributed by atoms with Crippen molar-refractivity contribution in [2.75, 3.05) is 11.9 Å². The lowest BCUT2D eigenvalue weighted by Crippen LogP contribution is -2.03. The lowest BCUT2D eigenvalue weighted by atomic mass is 10.0. The molecule has 104 valence electrons. The van der Waals surface area contributed by atoms with Crippen LogP contribution in [-0.4, -0.2) is 6.54 Å². The number of aryl methyl sites for hydroxylation is 1. The molecule has 0 radical (unpaired) electrons. The second-order valence-corrected chi connectivity index (χ2v) is 5.16. The molecule has 0 aliphatic carbocycles. The zero-order chi connectivity index (χ0) is 14.0. The summed E-state index contributed by atoms with van der Waals surface area (Å²) in [6.07, 6.45) is 4.71. The van der Waals surface area contributed by atoms with E-state index in [1.165, 1.54) is 30.4 Å². The minimum atomic E-state index is 0.870. The summed E-state index contributed by atoms with van der Waals surface area (Å²) in [4.78, 5) is 0. The average molecular weight is 265 g/mol. The van der Waals surface area contributed by atoms with Crippen molar-refractivity contribution in [3.8, 4) is 0 Å². The van der Waals surface area contributed by atoms with E-state index >= 15 is 0 Å². The molecule has 20 heavy (non-hydrogen) atoms. The number of rotatable bonds is 8. The van der Waals surface area contributed by atoms with Gasteiger partial charge in [-0.15, -0.1) is 0 Å². The summed E-state index contributed by atoms with van der Waals surface area (Å²) in [6.45, 7) is 5.02. The van der Waals surface area contributed by atoms with Gasteiger partial charge in [0.25, 0.3) is 0 Å². The first kappa shape index (κ1) is 14.4. The third-order valence-electron chi connectivity index (χ3n) is 3.40. The molecule has 0 fully saturated rings. The summed E-state index contributed by atoms with van der Waals surface area (Å²) in [5, 5.41) is 3.40. The predicted molar refractivity (Wildman–Crippen MR) is 88.1 cm³/mol. The maximum absolute atomic E-state index is 4.15. The fraction of sp³-hybridized carbons (Fsp3) is 0.263. The van der Waals surface area contributed by atoms with Crippen LogP contribution in [0.25, 0.3) is 0 Å². The number of para-hydroxylation sites is 1. The fourth-order valence-corrected chi connectivity index (χ4v) is 2.22. The van der Waals surface area contributed by atoms with Crippen LogP contribution in [0.5, 0.6) is 0 Å². The minimum Gasteiger partial charge on any atom is -0.381 e. The highest BCUT2D eigenvalue weighted by atomic mass is 14.9. The first-order chi connectivity index (χ1) is 9.84. The zero-order valence-corrected chi connectivity index (χ0v) is 12.0.